The Labute approximate surface area is 145 Å². The van der Waals surface area contributed by atoms with Gasteiger partial charge < -0.3 is 5.11 Å². The van der Waals surface area contributed by atoms with Gasteiger partial charge in [-0.15, -0.1) is 0 Å². The highest BCUT2D eigenvalue weighted by atomic mass is 16.4. The van der Waals surface area contributed by atoms with Gasteiger partial charge >= 0.3 is 5.97 Å². The number of benzene rings is 2. The Morgan fingerprint density at radius 3 is 2.12 bits per heavy atom. The van der Waals surface area contributed by atoms with Crippen LogP contribution in [0.15, 0.2) is 48.5 Å². The number of unbranched alkanes of at least 4 members (excludes halogenated alkanes) is 5. The van der Waals surface area contributed by atoms with Gasteiger partial charge in [0.2, 0.25) is 0 Å². The highest BCUT2D eigenvalue weighted by Gasteiger charge is 2.05. The van der Waals surface area contributed by atoms with Crippen LogP contribution in [-0.4, -0.2) is 11.1 Å². The largest absolute Gasteiger partial charge is 0.478 e. The molecular formula is C22H28O2. The Hall–Kier alpha value is -2.09. The maximum atomic E-state index is 10.9. The number of aromatic carboxylic acids is 1. The van der Waals surface area contributed by atoms with Crippen molar-refractivity contribution in [3.8, 4) is 0 Å². The highest BCUT2D eigenvalue weighted by molar-refractivity contribution is 5.87. The summed E-state index contributed by atoms with van der Waals surface area (Å²) in [6, 6.07) is 15.8. The zero-order valence-corrected chi connectivity index (χ0v) is 14.6. The lowest BCUT2D eigenvalue weighted by Crippen LogP contribution is -1.98. The summed E-state index contributed by atoms with van der Waals surface area (Å²) in [6.45, 7) is 2.25. The van der Waals surface area contributed by atoms with Crippen LogP contribution in [0.1, 0.15) is 72.5 Å². The number of carboxylic acid groups (broad SMARTS) is 1. The third-order valence-corrected chi connectivity index (χ3v) is 4.51. The van der Waals surface area contributed by atoms with Gasteiger partial charge in [0, 0.05) is 0 Å². The van der Waals surface area contributed by atoms with E-state index in [0.717, 1.165) is 18.4 Å². The van der Waals surface area contributed by atoms with Crippen molar-refractivity contribution in [2.24, 2.45) is 0 Å². The second kappa shape index (κ2) is 9.92. The fourth-order valence-electron chi connectivity index (χ4n) is 3.05. The maximum absolute atomic E-state index is 10.9. The molecule has 0 unspecified atom stereocenters. The highest BCUT2D eigenvalue weighted by Crippen LogP contribution is 2.18. The van der Waals surface area contributed by atoms with Gasteiger partial charge in [-0.25, -0.2) is 4.79 Å². The Bertz CT molecular complexity index is 629. The molecule has 0 aromatic heterocycles. The molecule has 2 nitrogen and oxygen atoms in total. The first-order chi connectivity index (χ1) is 11.7. The molecule has 0 heterocycles. The molecule has 128 valence electrons. The summed E-state index contributed by atoms with van der Waals surface area (Å²) in [6.07, 6.45) is 9.90. The second-order valence-electron chi connectivity index (χ2n) is 6.47. The van der Waals surface area contributed by atoms with Gasteiger partial charge in [-0.3, -0.25) is 0 Å². The Morgan fingerprint density at radius 1 is 0.833 bits per heavy atom. The molecule has 0 saturated heterocycles. The average Bonchev–Trinajstić information content (AvgIpc) is 2.60. The van der Waals surface area contributed by atoms with Crippen LogP contribution in [0, 0.1) is 0 Å². The molecule has 2 aromatic carbocycles. The monoisotopic (exact) mass is 324 g/mol. The Balaban J connectivity index is 1.92. The summed E-state index contributed by atoms with van der Waals surface area (Å²) < 4.78 is 0. The first-order valence-corrected chi connectivity index (χ1v) is 9.09. The van der Waals surface area contributed by atoms with Crippen molar-refractivity contribution in [2.75, 3.05) is 0 Å². The van der Waals surface area contributed by atoms with E-state index in [1.165, 1.54) is 49.7 Å². The minimum absolute atomic E-state index is 0.346. The topological polar surface area (TPSA) is 37.3 Å². The zero-order chi connectivity index (χ0) is 17.2. The van der Waals surface area contributed by atoms with Crippen molar-refractivity contribution in [3.05, 3.63) is 70.8 Å². The van der Waals surface area contributed by atoms with Gasteiger partial charge in [-0.2, -0.15) is 0 Å². The molecule has 2 heteroatoms. The quantitative estimate of drug-likeness (QED) is 0.554. The van der Waals surface area contributed by atoms with Crippen molar-refractivity contribution < 1.29 is 9.90 Å². The molecule has 0 atom stereocenters. The lowest BCUT2D eigenvalue weighted by Gasteiger charge is -2.10. The normalized spacial score (nSPS) is 10.7. The third kappa shape index (κ3) is 5.84. The van der Waals surface area contributed by atoms with Crippen molar-refractivity contribution >= 4 is 5.97 Å². The summed E-state index contributed by atoms with van der Waals surface area (Å²) in [7, 11) is 0. The van der Waals surface area contributed by atoms with Crippen LogP contribution < -0.4 is 0 Å². The fourth-order valence-corrected chi connectivity index (χ4v) is 3.05. The summed E-state index contributed by atoms with van der Waals surface area (Å²) in [4.78, 5) is 10.9. The lowest BCUT2D eigenvalue weighted by atomic mass is 9.95. The summed E-state index contributed by atoms with van der Waals surface area (Å²) in [5, 5.41) is 8.98. The molecule has 0 bridgehead atoms. The predicted molar refractivity (Wildman–Crippen MR) is 99.7 cm³/mol. The van der Waals surface area contributed by atoms with Gasteiger partial charge in [0.1, 0.15) is 0 Å². The van der Waals surface area contributed by atoms with Crippen molar-refractivity contribution in [3.63, 3.8) is 0 Å². The lowest BCUT2D eigenvalue weighted by molar-refractivity contribution is 0.0697. The molecule has 0 saturated carbocycles. The molecule has 24 heavy (non-hydrogen) atoms. The first-order valence-electron chi connectivity index (χ1n) is 9.09. The van der Waals surface area contributed by atoms with Gasteiger partial charge in [-0.05, 0) is 48.1 Å². The number of hydrogen-bond acceptors (Lipinski definition) is 1. The average molecular weight is 324 g/mol. The van der Waals surface area contributed by atoms with E-state index < -0.39 is 5.97 Å². The van der Waals surface area contributed by atoms with E-state index in [4.69, 9.17) is 5.11 Å². The molecule has 1 N–H and O–H groups in total. The number of rotatable bonds is 10. The number of carboxylic acids is 1. The molecule has 0 amide bonds. The standard InChI is InChI=1S/C22H28O2/c1-2-3-4-5-6-7-10-19-11-8-9-12-21(19)17-18-13-15-20(16-14-18)22(23)24/h8-9,11-16H,2-7,10,17H2,1H3,(H,23,24). The molecule has 0 radical (unpaired) electrons. The number of carbonyl (C=O) groups is 1. The molecule has 0 aliphatic heterocycles. The molecular weight excluding hydrogens is 296 g/mol. The maximum Gasteiger partial charge on any atom is 0.335 e. The molecule has 0 aliphatic rings. The van der Waals surface area contributed by atoms with Gasteiger partial charge in [0.15, 0.2) is 0 Å². The molecule has 0 aliphatic carbocycles. The minimum atomic E-state index is -0.870. The van der Waals surface area contributed by atoms with Crippen LogP contribution in [-0.2, 0) is 12.8 Å². The molecule has 2 aromatic rings. The minimum Gasteiger partial charge on any atom is -0.478 e. The molecule has 0 fully saturated rings. The molecule has 0 spiro atoms. The Morgan fingerprint density at radius 2 is 1.46 bits per heavy atom. The number of hydrogen-bond donors (Lipinski definition) is 1. The predicted octanol–water partition coefficient (Wildman–Crippen LogP) is 5.88. The number of aryl methyl sites for hydroxylation is 1. The summed E-state index contributed by atoms with van der Waals surface area (Å²) in [5.74, 6) is -0.870. The van der Waals surface area contributed by atoms with E-state index in [2.05, 4.69) is 31.2 Å². The van der Waals surface area contributed by atoms with Gasteiger partial charge in [0.25, 0.3) is 0 Å². The molecule has 2 rings (SSSR count). The van der Waals surface area contributed by atoms with E-state index in [0.29, 0.717) is 5.56 Å². The van der Waals surface area contributed by atoms with Crippen LogP contribution >= 0.6 is 0 Å². The van der Waals surface area contributed by atoms with Crippen LogP contribution in [0.4, 0.5) is 0 Å². The fraction of sp³-hybridized carbons (Fsp3) is 0.409. The van der Waals surface area contributed by atoms with Gasteiger partial charge in [0.05, 0.1) is 5.56 Å². The smallest absolute Gasteiger partial charge is 0.335 e. The van der Waals surface area contributed by atoms with E-state index in [-0.39, 0.29) is 0 Å². The SMILES string of the molecule is CCCCCCCCc1ccccc1Cc1ccc(C(=O)O)cc1. The third-order valence-electron chi connectivity index (χ3n) is 4.51. The van der Waals surface area contributed by atoms with Crippen LogP contribution in [0.3, 0.4) is 0 Å². The summed E-state index contributed by atoms with van der Waals surface area (Å²) in [5.41, 5.74) is 4.29. The first kappa shape index (κ1) is 18.3. The van der Waals surface area contributed by atoms with E-state index >= 15 is 0 Å². The van der Waals surface area contributed by atoms with Gasteiger partial charge in [-0.1, -0.05) is 75.4 Å². The van der Waals surface area contributed by atoms with E-state index in [1.807, 2.05) is 12.1 Å². The van der Waals surface area contributed by atoms with Crippen LogP contribution in [0.25, 0.3) is 0 Å². The van der Waals surface area contributed by atoms with E-state index in [1.54, 1.807) is 12.1 Å². The Kier molecular flexibility index (Phi) is 7.54. The van der Waals surface area contributed by atoms with Crippen molar-refractivity contribution in [1.82, 2.24) is 0 Å². The van der Waals surface area contributed by atoms with Crippen molar-refractivity contribution in [1.29, 1.82) is 0 Å². The van der Waals surface area contributed by atoms with Crippen LogP contribution in [0.5, 0.6) is 0 Å². The van der Waals surface area contributed by atoms with E-state index in [9.17, 15) is 4.79 Å². The second-order valence-corrected chi connectivity index (χ2v) is 6.47. The van der Waals surface area contributed by atoms with Crippen LogP contribution in [0.2, 0.25) is 0 Å². The summed E-state index contributed by atoms with van der Waals surface area (Å²) >= 11 is 0. The zero-order valence-electron chi connectivity index (χ0n) is 14.6. The van der Waals surface area contributed by atoms with Crippen molar-refractivity contribution in [2.45, 2.75) is 58.3 Å².